The Labute approximate surface area is 125 Å². The fourth-order valence-corrected chi connectivity index (χ4v) is 3.20. The van der Waals surface area contributed by atoms with E-state index in [4.69, 9.17) is 5.73 Å². The minimum atomic E-state index is -0.601. The van der Waals surface area contributed by atoms with Crippen molar-refractivity contribution < 1.29 is 4.79 Å². The fraction of sp³-hybridized carbons (Fsp3) is 0.214. The normalized spacial score (nSPS) is 12.1. The molecule has 1 heterocycles. The first kappa shape index (κ1) is 14.2. The maximum absolute atomic E-state index is 11.9. The first-order valence-corrected chi connectivity index (χ1v) is 7.60. The monoisotopic (exact) mass is 338 g/mol. The molecule has 19 heavy (non-hydrogen) atoms. The summed E-state index contributed by atoms with van der Waals surface area (Å²) in [5.74, 6) is -0.137. The first-order chi connectivity index (χ1) is 9.16. The molecule has 0 bridgehead atoms. The summed E-state index contributed by atoms with van der Waals surface area (Å²) in [6.45, 7) is 0.603. The third-order valence-electron chi connectivity index (χ3n) is 2.74. The molecule has 0 saturated heterocycles. The van der Waals surface area contributed by atoms with E-state index in [9.17, 15) is 4.79 Å². The summed E-state index contributed by atoms with van der Waals surface area (Å²) in [5.41, 5.74) is 6.74. The predicted molar refractivity (Wildman–Crippen MR) is 82.1 cm³/mol. The minimum absolute atomic E-state index is 0.137. The van der Waals surface area contributed by atoms with Crippen LogP contribution in [0.25, 0.3) is 0 Å². The van der Waals surface area contributed by atoms with Crippen LogP contribution in [0.2, 0.25) is 0 Å². The lowest BCUT2D eigenvalue weighted by atomic mass is 10.1. The van der Waals surface area contributed by atoms with Gasteiger partial charge in [0.2, 0.25) is 5.91 Å². The zero-order chi connectivity index (χ0) is 13.7. The topological polar surface area (TPSA) is 55.1 Å². The van der Waals surface area contributed by atoms with Crippen LogP contribution in [-0.4, -0.2) is 12.5 Å². The largest absolute Gasteiger partial charge is 0.354 e. The van der Waals surface area contributed by atoms with Gasteiger partial charge in [-0.1, -0.05) is 30.3 Å². The smallest absolute Gasteiger partial charge is 0.241 e. The summed E-state index contributed by atoms with van der Waals surface area (Å²) < 4.78 is 1.11. The summed E-state index contributed by atoms with van der Waals surface area (Å²) in [4.78, 5) is 13.1. The second-order valence-electron chi connectivity index (χ2n) is 4.14. The van der Waals surface area contributed by atoms with Gasteiger partial charge in [-0.05, 0) is 40.0 Å². The Kier molecular flexibility index (Phi) is 5.13. The van der Waals surface area contributed by atoms with Crippen molar-refractivity contribution in [3.8, 4) is 0 Å². The zero-order valence-corrected chi connectivity index (χ0v) is 12.7. The number of nitrogens with two attached hydrogens (primary N) is 1. The fourth-order valence-electron chi connectivity index (χ4n) is 1.72. The van der Waals surface area contributed by atoms with Crippen molar-refractivity contribution in [2.24, 2.45) is 5.73 Å². The summed E-state index contributed by atoms with van der Waals surface area (Å²) in [6, 6.07) is 12.9. The van der Waals surface area contributed by atoms with E-state index in [2.05, 4.69) is 27.3 Å². The predicted octanol–water partition coefficient (Wildman–Crippen LogP) is 2.87. The van der Waals surface area contributed by atoms with E-state index in [1.165, 1.54) is 4.88 Å². The van der Waals surface area contributed by atoms with Crippen molar-refractivity contribution in [2.75, 3.05) is 6.54 Å². The summed E-state index contributed by atoms with van der Waals surface area (Å²) in [6.07, 6.45) is 0.823. The number of thiophene rings is 1. The molecule has 2 aromatic rings. The van der Waals surface area contributed by atoms with Gasteiger partial charge in [-0.15, -0.1) is 11.3 Å². The Morgan fingerprint density at radius 2 is 2.00 bits per heavy atom. The number of hydrogen-bond donors (Lipinski definition) is 2. The van der Waals surface area contributed by atoms with Gasteiger partial charge >= 0.3 is 0 Å². The van der Waals surface area contributed by atoms with Gasteiger partial charge in [0, 0.05) is 11.4 Å². The molecule has 0 aliphatic heterocycles. The van der Waals surface area contributed by atoms with Gasteiger partial charge in [0.25, 0.3) is 0 Å². The molecule has 1 atom stereocenters. The second kappa shape index (κ2) is 6.84. The van der Waals surface area contributed by atoms with Gasteiger partial charge in [0.15, 0.2) is 0 Å². The number of halogens is 1. The summed E-state index contributed by atoms with van der Waals surface area (Å²) >= 11 is 5.10. The van der Waals surface area contributed by atoms with E-state index in [0.29, 0.717) is 6.54 Å². The molecule has 0 radical (unpaired) electrons. The lowest BCUT2D eigenvalue weighted by Crippen LogP contribution is -2.35. The summed E-state index contributed by atoms with van der Waals surface area (Å²) in [5, 5.41) is 2.87. The van der Waals surface area contributed by atoms with Crippen molar-refractivity contribution in [2.45, 2.75) is 12.5 Å². The second-order valence-corrected chi connectivity index (χ2v) is 6.68. The number of hydrogen-bond acceptors (Lipinski definition) is 3. The van der Waals surface area contributed by atoms with Crippen molar-refractivity contribution in [1.82, 2.24) is 5.32 Å². The Morgan fingerprint density at radius 3 is 2.63 bits per heavy atom. The van der Waals surface area contributed by atoms with Crippen LogP contribution in [0.3, 0.4) is 0 Å². The highest BCUT2D eigenvalue weighted by Gasteiger charge is 2.14. The summed E-state index contributed by atoms with van der Waals surface area (Å²) in [7, 11) is 0. The molecule has 0 aliphatic rings. The van der Waals surface area contributed by atoms with E-state index in [1.807, 2.05) is 36.4 Å². The van der Waals surface area contributed by atoms with Crippen LogP contribution in [0.1, 0.15) is 16.5 Å². The Bertz CT molecular complexity index is 541. The van der Waals surface area contributed by atoms with Crippen LogP contribution in [0.4, 0.5) is 0 Å². The lowest BCUT2D eigenvalue weighted by Gasteiger charge is -2.12. The van der Waals surface area contributed by atoms with Crippen molar-refractivity contribution in [3.05, 3.63) is 56.7 Å². The lowest BCUT2D eigenvalue weighted by molar-refractivity contribution is -0.122. The van der Waals surface area contributed by atoms with Gasteiger partial charge in [-0.2, -0.15) is 0 Å². The maximum atomic E-state index is 11.9. The molecular formula is C14H15BrN2OS. The van der Waals surface area contributed by atoms with E-state index < -0.39 is 6.04 Å². The molecule has 0 spiro atoms. The molecule has 5 heteroatoms. The molecule has 3 nitrogen and oxygen atoms in total. The molecule has 2 rings (SSSR count). The van der Waals surface area contributed by atoms with Gasteiger partial charge in [-0.3, -0.25) is 4.79 Å². The van der Waals surface area contributed by atoms with E-state index in [0.717, 1.165) is 15.8 Å². The molecule has 1 aromatic heterocycles. The molecule has 1 amide bonds. The van der Waals surface area contributed by atoms with Crippen LogP contribution in [0, 0.1) is 0 Å². The van der Waals surface area contributed by atoms with Crippen molar-refractivity contribution in [3.63, 3.8) is 0 Å². The number of carbonyl (C=O) groups excluding carboxylic acids is 1. The van der Waals surface area contributed by atoms with Crippen LogP contribution in [0.15, 0.2) is 46.3 Å². The Hall–Kier alpha value is -1.17. The molecule has 100 valence electrons. The average molecular weight is 339 g/mol. The molecule has 0 fully saturated rings. The van der Waals surface area contributed by atoms with E-state index >= 15 is 0 Å². The Morgan fingerprint density at radius 1 is 1.26 bits per heavy atom. The Balaban J connectivity index is 1.81. The third kappa shape index (κ3) is 4.16. The van der Waals surface area contributed by atoms with Gasteiger partial charge in [0.05, 0.1) is 3.79 Å². The molecule has 0 saturated carbocycles. The SMILES string of the molecule is NC(C(=O)NCCc1ccc(Br)s1)c1ccccc1. The van der Waals surface area contributed by atoms with Gasteiger partial charge < -0.3 is 11.1 Å². The molecule has 1 aromatic carbocycles. The van der Waals surface area contributed by atoms with Gasteiger partial charge in [0.1, 0.15) is 6.04 Å². The standard InChI is InChI=1S/C14H15BrN2OS/c15-12-7-6-11(19-12)8-9-17-14(18)13(16)10-4-2-1-3-5-10/h1-7,13H,8-9,16H2,(H,17,18). The van der Waals surface area contributed by atoms with E-state index in [-0.39, 0.29) is 5.91 Å². The average Bonchev–Trinajstić information content (AvgIpc) is 2.84. The van der Waals surface area contributed by atoms with Crippen LogP contribution in [-0.2, 0) is 11.2 Å². The molecule has 0 aliphatic carbocycles. The van der Waals surface area contributed by atoms with Crippen LogP contribution in [0.5, 0.6) is 0 Å². The zero-order valence-electron chi connectivity index (χ0n) is 10.3. The van der Waals surface area contributed by atoms with Crippen molar-refractivity contribution in [1.29, 1.82) is 0 Å². The first-order valence-electron chi connectivity index (χ1n) is 5.99. The third-order valence-corrected chi connectivity index (χ3v) is 4.42. The van der Waals surface area contributed by atoms with Crippen LogP contribution < -0.4 is 11.1 Å². The number of amides is 1. The number of carbonyl (C=O) groups is 1. The highest BCUT2D eigenvalue weighted by atomic mass is 79.9. The molecular weight excluding hydrogens is 324 g/mol. The highest BCUT2D eigenvalue weighted by molar-refractivity contribution is 9.11. The van der Waals surface area contributed by atoms with Gasteiger partial charge in [-0.25, -0.2) is 0 Å². The number of nitrogens with one attached hydrogen (secondary N) is 1. The highest BCUT2D eigenvalue weighted by Crippen LogP contribution is 2.22. The maximum Gasteiger partial charge on any atom is 0.241 e. The van der Waals surface area contributed by atoms with Crippen molar-refractivity contribution >= 4 is 33.2 Å². The number of rotatable bonds is 5. The molecule has 1 unspecified atom stereocenters. The number of benzene rings is 1. The van der Waals surface area contributed by atoms with E-state index in [1.54, 1.807) is 11.3 Å². The van der Waals surface area contributed by atoms with Crippen LogP contribution >= 0.6 is 27.3 Å². The quantitative estimate of drug-likeness (QED) is 0.880. The molecule has 3 N–H and O–H groups in total. The minimum Gasteiger partial charge on any atom is -0.354 e.